The number of amides is 1. The molecule has 190 valence electrons. The number of nitrogens with one attached hydrogen (secondary N) is 1. The SMILES string of the molecule is COc1ccc(S(=O)(=O)NC(Cc2ccccc2)C(=O)N2CCN(Cc3ccccc3)CC2)cc1C. The number of piperazine rings is 1. The molecule has 36 heavy (non-hydrogen) atoms. The van der Waals surface area contributed by atoms with Gasteiger partial charge >= 0.3 is 0 Å². The zero-order chi connectivity index (χ0) is 25.5. The highest BCUT2D eigenvalue weighted by atomic mass is 32.2. The first-order chi connectivity index (χ1) is 17.4. The fourth-order valence-electron chi connectivity index (χ4n) is 4.49. The highest BCUT2D eigenvalue weighted by molar-refractivity contribution is 7.89. The van der Waals surface area contributed by atoms with Gasteiger partial charge in [-0.2, -0.15) is 4.72 Å². The lowest BCUT2D eigenvalue weighted by molar-refractivity contribution is -0.134. The predicted octanol–water partition coefficient (Wildman–Crippen LogP) is 3.24. The number of sulfonamides is 1. The van der Waals surface area contributed by atoms with Crippen LogP contribution in [0.5, 0.6) is 5.75 Å². The second-order valence-electron chi connectivity index (χ2n) is 9.08. The second-order valence-corrected chi connectivity index (χ2v) is 10.8. The van der Waals surface area contributed by atoms with Crippen LogP contribution >= 0.6 is 0 Å². The lowest BCUT2D eigenvalue weighted by Gasteiger charge is -2.36. The number of nitrogens with zero attached hydrogens (tertiary/aromatic N) is 2. The Bertz CT molecular complexity index is 1260. The van der Waals surface area contributed by atoms with E-state index in [0.29, 0.717) is 24.4 Å². The van der Waals surface area contributed by atoms with Gasteiger partial charge in [0.15, 0.2) is 0 Å². The number of rotatable bonds is 9. The molecule has 7 nitrogen and oxygen atoms in total. The molecule has 0 aromatic heterocycles. The van der Waals surface area contributed by atoms with Crippen LogP contribution in [0.2, 0.25) is 0 Å². The summed E-state index contributed by atoms with van der Waals surface area (Å²) in [7, 11) is -2.38. The zero-order valence-electron chi connectivity index (χ0n) is 20.8. The molecule has 1 unspecified atom stereocenters. The molecule has 1 heterocycles. The Morgan fingerprint density at radius 2 is 1.53 bits per heavy atom. The standard InChI is InChI=1S/C28H33N3O4S/c1-22-19-25(13-14-27(22)35-2)36(33,34)29-26(20-23-9-5-3-6-10-23)28(32)31-17-15-30(16-18-31)21-24-11-7-4-8-12-24/h3-14,19,26,29H,15-18,20-21H2,1-2H3. The summed E-state index contributed by atoms with van der Waals surface area (Å²) < 4.78 is 34.5. The smallest absolute Gasteiger partial charge is 0.241 e. The van der Waals surface area contributed by atoms with E-state index in [1.165, 1.54) is 11.6 Å². The van der Waals surface area contributed by atoms with Crippen LogP contribution in [0.25, 0.3) is 0 Å². The van der Waals surface area contributed by atoms with Crippen molar-refractivity contribution >= 4 is 15.9 Å². The third kappa shape index (κ3) is 6.51. The highest BCUT2D eigenvalue weighted by Crippen LogP contribution is 2.22. The molecule has 1 aliphatic rings. The first-order valence-corrected chi connectivity index (χ1v) is 13.6. The maximum Gasteiger partial charge on any atom is 0.241 e. The van der Waals surface area contributed by atoms with Gasteiger partial charge in [0.2, 0.25) is 15.9 Å². The number of carbonyl (C=O) groups excluding carboxylic acids is 1. The van der Waals surface area contributed by atoms with Crippen molar-refractivity contribution in [1.29, 1.82) is 0 Å². The Labute approximate surface area is 213 Å². The van der Waals surface area contributed by atoms with Crippen molar-refractivity contribution in [2.24, 2.45) is 0 Å². The molecule has 4 rings (SSSR count). The van der Waals surface area contributed by atoms with Crippen molar-refractivity contribution in [1.82, 2.24) is 14.5 Å². The molecule has 8 heteroatoms. The average Bonchev–Trinajstić information content (AvgIpc) is 2.89. The van der Waals surface area contributed by atoms with Gasteiger partial charge in [-0.3, -0.25) is 9.69 Å². The Morgan fingerprint density at radius 1 is 0.917 bits per heavy atom. The first kappa shape index (κ1) is 25.9. The number of benzene rings is 3. The molecule has 1 amide bonds. The van der Waals surface area contributed by atoms with Crippen molar-refractivity contribution in [3.05, 3.63) is 95.6 Å². The van der Waals surface area contributed by atoms with E-state index in [2.05, 4.69) is 21.8 Å². The van der Waals surface area contributed by atoms with Crippen LogP contribution in [0.4, 0.5) is 0 Å². The molecule has 0 radical (unpaired) electrons. The van der Waals surface area contributed by atoms with E-state index >= 15 is 0 Å². The van der Waals surface area contributed by atoms with Crippen molar-refractivity contribution in [2.75, 3.05) is 33.3 Å². The van der Waals surface area contributed by atoms with E-state index in [4.69, 9.17) is 4.74 Å². The van der Waals surface area contributed by atoms with Crippen molar-refractivity contribution in [2.45, 2.75) is 30.8 Å². The van der Waals surface area contributed by atoms with Gasteiger partial charge in [0.05, 0.1) is 12.0 Å². The van der Waals surface area contributed by atoms with Crippen LogP contribution < -0.4 is 9.46 Å². The van der Waals surface area contributed by atoms with Crippen LogP contribution in [-0.2, 0) is 27.8 Å². The van der Waals surface area contributed by atoms with Gasteiger partial charge in [-0.05, 0) is 48.2 Å². The fraction of sp³-hybridized carbons (Fsp3) is 0.321. The summed E-state index contributed by atoms with van der Waals surface area (Å²) in [5.41, 5.74) is 2.84. The Kier molecular flexibility index (Phi) is 8.40. The van der Waals surface area contributed by atoms with E-state index in [1.54, 1.807) is 31.1 Å². The number of ether oxygens (including phenoxy) is 1. The second kappa shape index (κ2) is 11.7. The minimum absolute atomic E-state index is 0.111. The lowest BCUT2D eigenvalue weighted by Crippen LogP contribution is -2.55. The summed E-state index contributed by atoms with van der Waals surface area (Å²) in [5, 5.41) is 0. The summed E-state index contributed by atoms with van der Waals surface area (Å²) in [6, 6.07) is 23.5. The van der Waals surface area contributed by atoms with Crippen LogP contribution in [0.1, 0.15) is 16.7 Å². The van der Waals surface area contributed by atoms with E-state index in [1.807, 2.05) is 48.5 Å². The van der Waals surface area contributed by atoms with E-state index in [0.717, 1.165) is 25.2 Å². The zero-order valence-corrected chi connectivity index (χ0v) is 21.6. The quantitative estimate of drug-likeness (QED) is 0.481. The number of aryl methyl sites for hydroxylation is 1. The molecule has 1 fully saturated rings. The average molecular weight is 508 g/mol. The van der Waals surface area contributed by atoms with E-state index in [9.17, 15) is 13.2 Å². The molecular formula is C28H33N3O4S. The Hall–Kier alpha value is -3.20. The third-order valence-corrected chi connectivity index (χ3v) is 7.96. The minimum atomic E-state index is -3.93. The fourth-order valence-corrected chi connectivity index (χ4v) is 5.76. The molecule has 3 aromatic rings. The van der Waals surface area contributed by atoms with Gasteiger partial charge in [-0.25, -0.2) is 8.42 Å². The topological polar surface area (TPSA) is 78.9 Å². The lowest BCUT2D eigenvalue weighted by atomic mass is 10.1. The maximum atomic E-state index is 13.6. The van der Waals surface area contributed by atoms with E-state index in [-0.39, 0.29) is 17.2 Å². The number of hydrogen-bond acceptors (Lipinski definition) is 5. The summed E-state index contributed by atoms with van der Waals surface area (Å²) in [6.07, 6.45) is 0.276. The molecule has 1 N–H and O–H groups in total. The normalized spacial score (nSPS) is 15.4. The predicted molar refractivity (Wildman–Crippen MR) is 140 cm³/mol. The number of methoxy groups -OCH3 is 1. The molecular weight excluding hydrogens is 474 g/mol. The van der Waals surface area contributed by atoms with Crippen LogP contribution in [0, 0.1) is 6.92 Å². The summed E-state index contributed by atoms with van der Waals surface area (Å²) in [6.45, 7) is 5.21. The van der Waals surface area contributed by atoms with Gasteiger partial charge in [-0.15, -0.1) is 0 Å². The monoisotopic (exact) mass is 507 g/mol. The molecule has 0 saturated carbocycles. The molecule has 0 bridgehead atoms. The first-order valence-electron chi connectivity index (χ1n) is 12.1. The molecule has 0 spiro atoms. The largest absolute Gasteiger partial charge is 0.496 e. The van der Waals surface area contributed by atoms with Gasteiger partial charge in [-0.1, -0.05) is 60.7 Å². The molecule has 1 atom stereocenters. The summed E-state index contributed by atoms with van der Waals surface area (Å²) in [5.74, 6) is 0.409. The summed E-state index contributed by atoms with van der Waals surface area (Å²) in [4.78, 5) is 17.8. The molecule has 0 aliphatic carbocycles. The molecule has 1 saturated heterocycles. The van der Waals surface area contributed by atoms with Crippen LogP contribution in [0.3, 0.4) is 0 Å². The van der Waals surface area contributed by atoms with Gasteiger partial charge in [0, 0.05) is 32.7 Å². The minimum Gasteiger partial charge on any atom is -0.496 e. The van der Waals surface area contributed by atoms with Gasteiger partial charge in [0.25, 0.3) is 0 Å². The van der Waals surface area contributed by atoms with Gasteiger partial charge in [0.1, 0.15) is 11.8 Å². The van der Waals surface area contributed by atoms with Crippen molar-refractivity contribution in [3.8, 4) is 5.75 Å². The summed E-state index contributed by atoms with van der Waals surface area (Å²) >= 11 is 0. The molecule has 3 aromatic carbocycles. The van der Waals surface area contributed by atoms with Crippen LogP contribution in [0.15, 0.2) is 83.8 Å². The Balaban J connectivity index is 1.48. The van der Waals surface area contributed by atoms with Gasteiger partial charge < -0.3 is 9.64 Å². The number of carbonyl (C=O) groups is 1. The van der Waals surface area contributed by atoms with E-state index < -0.39 is 16.1 Å². The van der Waals surface area contributed by atoms with Crippen molar-refractivity contribution < 1.29 is 17.9 Å². The molecule has 1 aliphatic heterocycles. The maximum absolute atomic E-state index is 13.6. The van der Waals surface area contributed by atoms with Crippen LogP contribution in [-0.4, -0.2) is 63.5 Å². The van der Waals surface area contributed by atoms with Crippen molar-refractivity contribution in [3.63, 3.8) is 0 Å². The Morgan fingerprint density at radius 3 is 2.11 bits per heavy atom. The third-order valence-electron chi connectivity index (χ3n) is 6.49. The number of hydrogen-bond donors (Lipinski definition) is 1. The highest BCUT2D eigenvalue weighted by Gasteiger charge is 2.31.